The molecule has 0 bridgehead atoms. The normalized spacial score (nSPS) is 11.9. The smallest absolute Gasteiger partial charge is 0.249 e. The summed E-state index contributed by atoms with van der Waals surface area (Å²) in [5.74, 6) is -0.344. The molecule has 0 saturated heterocycles. The molecule has 0 atom stereocenters. The molecule has 0 saturated carbocycles. The summed E-state index contributed by atoms with van der Waals surface area (Å²) < 4.78 is 40.4. The summed E-state index contributed by atoms with van der Waals surface area (Å²) in [4.78, 5) is 0. The van der Waals surface area contributed by atoms with Crippen molar-refractivity contribution in [1.82, 2.24) is 9.78 Å². The Labute approximate surface area is 131 Å². The molecule has 0 spiro atoms. The lowest BCUT2D eigenvalue weighted by Crippen LogP contribution is -2.10. The Kier molecular flexibility index (Phi) is 4.66. The summed E-state index contributed by atoms with van der Waals surface area (Å²) in [7, 11) is 0. The summed E-state index contributed by atoms with van der Waals surface area (Å²) in [6.45, 7) is 0.125. The topological polar surface area (TPSA) is 17.8 Å². The van der Waals surface area contributed by atoms with Gasteiger partial charge in [-0.15, -0.1) is 11.6 Å². The van der Waals surface area contributed by atoms with Gasteiger partial charge in [-0.05, 0) is 11.6 Å². The van der Waals surface area contributed by atoms with Crippen molar-refractivity contribution >= 4 is 39.1 Å². The number of nitrogens with zero attached hydrogens (tertiary/aromatic N) is 2. The largest absolute Gasteiger partial charge is 0.435 e. The van der Waals surface area contributed by atoms with Crippen molar-refractivity contribution in [3.63, 3.8) is 0 Å². The highest BCUT2D eigenvalue weighted by Crippen LogP contribution is 2.35. The molecule has 1 aromatic carbocycles. The molecule has 8 heteroatoms. The van der Waals surface area contributed by atoms with Crippen LogP contribution in [0.2, 0.25) is 5.15 Å². The van der Waals surface area contributed by atoms with Gasteiger partial charge in [-0.3, -0.25) is 0 Å². The Bertz CT molecular complexity index is 626. The van der Waals surface area contributed by atoms with E-state index in [0.29, 0.717) is 0 Å². The lowest BCUT2D eigenvalue weighted by Gasteiger charge is -2.06. The average molecular weight is 388 g/mol. The molecular formula is C12H8BrCl2F3N2. The zero-order valence-corrected chi connectivity index (χ0v) is 13.0. The zero-order valence-electron chi connectivity index (χ0n) is 9.89. The van der Waals surface area contributed by atoms with E-state index in [2.05, 4.69) is 21.0 Å². The standard InChI is InChI=1S/C12H8BrCl2F3N2/c13-9-4-2-1-3-7(9)6-20-11(15)8(5-14)10(19-20)12(16,17)18/h1-4H,5-6H2. The second-order valence-corrected chi connectivity index (χ2v) is 5.48. The fraction of sp³-hybridized carbons (Fsp3) is 0.250. The molecule has 2 nitrogen and oxygen atoms in total. The Balaban J connectivity index is 2.44. The van der Waals surface area contributed by atoms with Gasteiger partial charge in [-0.1, -0.05) is 45.7 Å². The van der Waals surface area contributed by atoms with E-state index in [-0.39, 0.29) is 23.1 Å². The molecule has 0 amide bonds. The van der Waals surface area contributed by atoms with Crippen molar-refractivity contribution in [2.75, 3.05) is 0 Å². The van der Waals surface area contributed by atoms with Crippen molar-refractivity contribution in [2.24, 2.45) is 0 Å². The molecule has 0 aliphatic carbocycles. The second kappa shape index (κ2) is 5.95. The molecule has 0 N–H and O–H groups in total. The molecule has 0 radical (unpaired) electrons. The van der Waals surface area contributed by atoms with E-state index in [1.165, 1.54) is 0 Å². The van der Waals surface area contributed by atoms with Crippen LogP contribution in [-0.2, 0) is 18.6 Å². The van der Waals surface area contributed by atoms with Crippen LogP contribution in [0, 0.1) is 0 Å². The van der Waals surface area contributed by atoms with Crippen LogP contribution in [0.25, 0.3) is 0 Å². The summed E-state index contributed by atoms with van der Waals surface area (Å²) in [6, 6.07) is 7.16. The Morgan fingerprint density at radius 3 is 2.40 bits per heavy atom. The highest BCUT2D eigenvalue weighted by molar-refractivity contribution is 9.10. The molecule has 0 aliphatic heterocycles. The first kappa shape index (κ1) is 15.7. The predicted molar refractivity (Wildman–Crippen MR) is 75.0 cm³/mol. The number of aromatic nitrogens is 2. The van der Waals surface area contributed by atoms with Crippen LogP contribution in [0.1, 0.15) is 16.8 Å². The maximum atomic E-state index is 12.8. The molecule has 0 aliphatic rings. The van der Waals surface area contributed by atoms with E-state index >= 15 is 0 Å². The minimum Gasteiger partial charge on any atom is -0.249 e. The SMILES string of the molecule is FC(F)(F)c1nn(Cc2ccccc2Br)c(Cl)c1CCl. The Morgan fingerprint density at radius 2 is 1.90 bits per heavy atom. The minimum absolute atomic E-state index is 0.0944. The van der Waals surface area contributed by atoms with Gasteiger partial charge < -0.3 is 0 Å². The van der Waals surface area contributed by atoms with Crippen LogP contribution < -0.4 is 0 Å². The van der Waals surface area contributed by atoms with Crippen molar-refractivity contribution in [1.29, 1.82) is 0 Å². The maximum Gasteiger partial charge on any atom is 0.435 e. The highest BCUT2D eigenvalue weighted by atomic mass is 79.9. The van der Waals surface area contributed by atoms with Gasteiger partial charge in [0.15, 0.2) is 5.69 Å². The summed E-state index contributed by atoms with van der Waals surface area (Å²) in [6.07, 6.45) is -4.58. The molecule has 1 aromatic heterocycles. The first-order valence-corrected chi connectivity index (χ1v) is 7.17. The molecule has 2 aromatic rings. The molecular weight excluding hydrogens is 380 g/mol. The lowest BCUT2D eigenvalue weighted by molar-refractivity contribution is -0.142. The van der Waals surface area contributed by atoms with Gasteiger partial charge in [0.1, 0.15) is 5.15 Å². The van der Waals surface area contributed by atoms with E-state index in [4.69, 9.17) is 23.2 Å². The van der Waals surface area contributed by atoms with Crippen LogP contribution >= 0.6 is 39.1 Å². The van der Waals surface area contributed by atoms with Crippen LogP contribution in [0.3, 0.4) is 0 Å². The molecule has 20 heavy (non-hydrogen) atoms. The van der Waals surface area contributed by atoms with Crippen LogP contribution in [0.15, 0.2) is 28.7 Å². The Morgan fingerprint density at radius 1 is 1.25 bits per heavy atom. The zero-order chi connectivity index (χ0) is 14.9. The van der Waals surface area contributed by atoms with E-state index in [9.17, 15) is 13.2 Å². The number of hydrogen-bond donors (Lipinski definition) is 0. The third kappa shape index (κ3) is 3.13. The third-order valence-corrected chi connectivity index (χ3v) is 4.13. The molecule has 0 fully saturated rings. The van der Waals surface area contributed by atoms with Gasteiger partial charge >= 0.3 is 6.18 Å². The fourth-order valence-electron chi connectivity index (χ4n) is 1.72. The van der Waals surface area contributed by atoms with E-state index in [1.54, 1.807) is 18.2 Å². The fourth-order valence-corrected chi connectivity index (χ4v) is 2.70. The van der Waals surface area contributed by atoms with Gasteiger partial charge in [0, 0.05) is 10.0 Å². The van der Waals surface area contributed by atoms with Crippen LogP contribution in [0.5, 0.6) is 0 Å². The first-order chi connectivity index (χ1) is 9.34. The van der Waals surface area contributed by atoms with Crippen molar-refractivity contribution < 1.29 is 13.2 Å². The first-order valence-electron chi connectivity index (χ1n) is 5.46. The van der Waals surface area contributed by atoms with Gasteiger partial charge in [-0.25, -0.2) is 4.68 Å². The summed E-state index contributed by atoms with van der Waals surface area (Å²) in [5.41, 5.74) is -0.468. The number of rotatable bonds is 3. The van der Waals surface area contributed by atoms with E-state index in [0.717, 1.165) is 14.7 Å². The average Bonchev–Trinajstić information content (AvgIpc) is 2.69. The molecule has 108 valence electrons. The van der Waals surface area contributed by atoms with Crippen molar-refractivity contribution in [3.05, 3.63) is 50.7 Å². The quantitative estimate of drug-likeness (QED) is 0.669. The predicted octanol–water partition coefficient (Wildman–Crippen LogP) is 5.10. The van der Waals surface area contributed by atoms with E-state index in [1.807, 2.05) is 6.07 Å². The van der Waals surface area contributed by atoms with Crippen molar-refractivity contribution in [2.45, 2.75) is 18.6 Å². The molecule has 1 heterocycles. The van der Waals surface area contributed by atoms with E-state index < -0.39 is 11.9 Å². The lowest BCUT2D eigenvalue weighted by atomic mass is 10.2. The van der Waals surface area contributed by atoms with Crippen LogP contribution in [0.4, 0.5) is 13.2 Å². The van der Waals surface area contributed by atoms with Gasteiger partial charge in [0.25, 0.3) is 0 Å². The third-order valence-electron chi connectivity index (χ3n) is 2.66. The maximum absolute atomic E-state index is 12.8. The van der Waals surface area contributed by atoms with Crippen LogP contribution in [-0.4, -0.2) is 9.78 Å². The number of halogens is 6. The molecule has 0 unspecified atom stereocenters. The number of hydrogen-bond acceptors (Lipinski definition) is 1. The second-order valence-electron chi connectivity index (χ2n) is 4.00. The van der Waals surface area contributed by atoms with Crippen molar-refractivity contribution in [3.8, 4) is 0 Å². The number of alkyl halides is 4. The van der Waals surface area contributed by atoms with Gasteiger partial charge in [0.2, 0.25) is 0 Å². The summed E-state index contributed by atoms with van der Waals surface area (Å²) >= 11 is 14.8. The molecule has 2 rings (SSSR count). The minimum atomic E-state index is -4.58. The van der Waals surface area contributed by atoms with Gasteiger partial charge in [-0.2, -0.15) is 18.3 Å². The monoisotopic (exact) mass is 386 g/mol. The number of benzene rings is 1. The summed E-state index contributed by atoms with van der Waals surface area (Å²) in [5, 5.41) is 3.45. The Hall–Kier alpha value is -0.720. The van der Waals surface area contributed by atoms with Gasteiger partial charge in [0.05, 0.1) is 12.4 Å². The highest BCUT2D eigenvalue weighted by Gasteiger charge is 2.38.